The van der Waals surface area contributed by atoms with Crippen molar-refractivity contribution in [2.24, 2.45) is 0 Å². The van der Waals surface area contributed by atoms with Crippen LogP contribution in [0.1, 0.15) is 17.3 Å². The number of nitro benzene ring substituents is 1. The van der Waals surface area contributed by atoms with Gasteiger partial charge in [-0.2, -0.15) is 0 Å². The van der Waals surface area contributed by atoms with Crippen LogP contribution in [0.5, 0.6) is 0 Å². The third-order valence-corrected chi connectivity index (χ3v) is 2.94. The Kier molecular flexibility index (Phi) is 4.63. The van der Waals surface area contributed by atoms with Gasteiger partial charge in [-0.15, -0.1) is 0 Å². The summed E-state index contributed by atoms with van der Waals surface area (Å²) in [7, 11) is 1.54. The molecule has 0 aliphatic carbocycles. The zero-order valence-electron chi connectivity index (χ0n) is 9.96. The van der Waals surface area contributed by atoms with E-state index in [1.54, 1.807) is 14.0 Å². The molecular formula is C11H13ClN2O4. The Bertz CT molecular complexity index is 478. The summed E-state index contributed by atoms with van der Waals surface area (Å²) in [6, 6.07) is 3.44. The third-order valence-electron chi connectivity index (χ3n) is 2.64. The van der Waals surface area contributed by atoms with Gasteiger partial charge in [0.1, 0.15) is 5.02 Å². The van der Waals surface area contributed by atoms with Crippen LogP contribution < -0.4 is 0 Å². The maximum atomic E-state index is 12.0. The van der Waals surface area contributed by atoms with Crippen LogP contribution in [0.3, 0.4) is 0 Å². The van der Waals surface area contributed by atoms with Gasteiger partial charge in [-0.05, 0) is 19.1 Å². The summed E-state index contributed by atoms with van der Waals surface area (Å²) in [4.78, 5) is 23.3. The third kappa shape index (κ3) is 2.96. The molecule has 6 nitrogen and oxygen atoms in total. The molecule has 0 fully saturated rings. The summed E-state index contributed by atoms with van der Waals surface area (Å²) >= 11 is 5.72. The van der Waals surface area contributed by atoms with Crippen LogP contribution in [0.25, 0.3) is 0 Å². The Morgan fingerprint density at radius 3 is 2.67 bits per heavy atom. The topological polar surface area (TPSA) is 83.7 Å². The van der Waals surface area contributed by atoms with Crippen molar-refractivity contribution in [1.82, 2.24) is 4.90 Å². The SMILES string of the molecule is CC(CO)N(C)C(=O)c1ccc([N+](=O)[O-])c(Cl)c1. The second kappa shape index (κ2) is 5.79. The van der Waals surface area contributed by atoms with Crippen LogP contribution in [0.15, 0.2) is 18.2 Å². The van der Waals surface area contributed by atoms with Crippen molar-refractivity contribution in [3.05, 3.63) is 38.9 Å². The normalized spacial score (nSPS) is 12.0. The van der Waals surface area contributed by atoms with Gasteiger partial charge < -0.3 is 10.0 Å². The number of rotatable bonds is 4. The molecule has 1 amide bonds. The highest BCUT2D eigenvalue weighted by molar-refractivity contribution is 6.33. The summed E-state index contributed by atoms with van der Waals surface area (Å²) in [5.74, 6) is -0.353. The predicted octanol–water partition coefficient (Wildman–Crippen LogP) is 1.70. The lowest BCUT2D eigenvalue weighted by atomic mass is 10.1. The number of carbonyl (C=O) groups is 1. The first kappa shape index (κ1) is 14.4. The van der Waals surface area contributed by atoms with Crippen LogP contribution >= 0.6 is 11.6 Å². The molecule has 0 saturated heterocycles. The lowest BCUT2D eigenvalue weighted by Gasteiger charge is -2.23. The summed E-state index contributed by atoms with van der Waals surface area (Å²) in [6.07, 6.45) is 0. The number of aliphatic hydroxyl groups excluding tert-OH is 1. The van der Waals surface area contributed by atoms with Crippen molar-refractivity contribution in [1.29, 1.82) is 0 Å². The van der Waals surface area contributed by atoms with Crippen LogP contribution in [0, 0.1) is 10.1 Å². The first-order valence-corrected chi connectivity index (χ1v) is 5.58. The molecule has 0 spiro atoms. The molecule has 0 aliphatic heterocycles. The van der Waals surface area contributed by atoms with E-state index in [1.807, 2.05) is 0 Å². The lowest BCUT2D eigenvalue weighted by molar-refractivity contribution is -0.384. The highest BCUT2D eigenvalue weighted by atomic mass is 35.5. The van der Waals surface area contributed by atoms with Crippen molar-refractivity contribution in [3.8, 4) is 0 Å². The molecule has 7 heteroatoms. The fraction of sp³-hybridized carbons (Fsp3) is 0.364. The van der Waals surface area contributed by atoms with Gasteiger partial charge in [0.25, 0.3) is 11.6 Å². The number of carbonyl (C=O) groups excluding carboxylic acids is 1. The minimum absolute atomic E-state index is 0.0871. The Labute approximate surface area is 109 Å². The van der Waals surface area contributed by atoms with E-state index in [4.69, 9.17) is 16.7 Å². The largest absolute Gasteiger partial charge is 0.394 e. The van der Waals surface area contributed by atoms with Gasteiger partial charge in [0.05, 0.1) is 17.6 Å². The van der Waals surface area contributed by atoms with Crippen molar-refractivity contribution in [2.45, 2.75) is 13.0 Å². The highest BCUT2D eigenvalue weighted by Crippen LogP contribution is 2.25. The van der Waals surface area contributed by atoms with Crippen molar-refractivity contribution < 1.29 is 14.8 Å². The number of aliphatic hydroxyl groups is 1. The van der Waals surface area contributed by atoms with E-state index in [1.165, 1.54) is 23.1 Å². The smallest absolute Gasteiger partial charge is 0.287 e. The minimum Gasteiger partial charge on any atom is -0.394 e. The highest BCUT2D eigenvalue weighted by Gasteiger charge is 2.20. The molecule has 1 atom stereocenters. The van der Waals surface area contributed by atoms with Gasteiger partial charge in [0.15, 0.2) is 0 Å². The number of hydrogen-bond acceptors (Lipinski definition) is 4. The molecule has 98 valence electrons. The number of benzene rings is 1. The molecule has 1 unspecified atom stereocenters. The molecule has 1 aromatic rings. The Morgan fingerprint density at radius 1 is 1.61 bits per heavy atom. The molecule has 0 aromatic heterocycles. The molecule has 1 rings (SSSR count). The number of hydrogen-bond donors (Lipinski definition) is 1. The van der Waals surface area contributed by atoms with Crippen LogP contribution in [0.2, 0.25) is 5.02 Å². The summed E-state index contributed by atoms with van der Waals surface area (Å²) < 4.78 is 0. The predicted molar refractivity (Wildman–Crippen MR) is 66.7 cm³/mol. The summed E-state index contributed by atoms with van der Waals surface area (Å²) in [5, 5.41) is 19.5. The van der Waals surface area contributed by atoms with Crippen LogP contribution in [-0.4, -0.2) is 40.5 Å². The molecule has 1 N–H and O–H groups in total. The van der Waals surface area contributed by atoms with E-state index >= 15 is 0 Å². The number of nitro groups is 1. The Balaban J connectivity index is 3.01. The van der Waals surface area contributed by atoms with Gasteiger partial charge in [0.2, 0.25) is 0 Å². The molecule has 0 bridgehead atoms. The monoisotopic (exact) mass is 272 g/mol. The maximum absolute atomic E-state index is 12.0. The first-order chi connectivity index (χ1) is 8.38. The van der Waals surface area contributed by atoms with E-state index < -0.39 is 4.92 Å². The Hall–Kier alpha value is -1.66. The molecule has 1 aromatic carbocycles. The van der Waals surface area contributed by atoms with Crippen LogP contribution in [-0.2, 0) is 0 Å². The second-order valence-corrected chi connectivity index (χ2v) is 4.28. The minimum atomic E-state index is -0.614. The fourth-order valence-electron chi connectivity index (χ4n) is 1.31. The van der Waals surface area contributed by atoms with Gasteiger partial charge >= 0.3 is 0 Å². The van der Waals surface area contributed by atoms with Crippen molar-refractivity contribution in [3.63, 3.8) is 0 Å². The average Bonchev–Trinajstić information content (AvgIpc) is 2.35. The number of halogens is 1. The van der Waals surface area contributed by atoms with Crippen molar-refractivity contribution >= 4 is 23.2 Å². The van der Waals surface area contributed by atoms with E-state index in [9.17, 15) is 14.9 Å². The molecule has 0 saturated carbocycles. The van der Waals surface area contributed by atoms with E-state index in [0.29, 0.717) is 0 Å². The van der Waals surface area contributed by atoms with Crippen molar-refractivity contribution in [2.75, 3.05) is 13.7 Å². The number of likely N-dealkylation sites (N-methyl/N-ethyl adjacent to an activating group) is 1. The quantitative estimate of drug-likeness (QED) is 0.668. The van der Waals surface area contributed by atoms with E-state index in [2.05, 4.69) is 0 Å². The van der Waals surface area contributed by atoms with E-state index in [0.717, 1.165) is 0 Å². The average molecular weight is 273 g/mol. The van der Waals surface area contributed by atoms with Crippen LogP contribution in [0.4, 0.5) is 5.69 Å². The standard InChI is InChI=1S/C11H13ClN2O4/c1-7(6-15)13(2)11(16)8-3-4-10(14(17)18)9(12)5-8/h3-5,7,15H,6H2,1-2H3. The molecule has 0 heterocycles. The van der Waals surface area contributed by atoms with Gasteiger partial charge in [-0.25, -0.2) is 0 Å². The maximum Gasteiger partial charge on any atom is 0.287 e. The fourth-order valence-corrected chi connectivity index (χ4v) is 1.56. The molecule has 0 aliphatic rings. The first-order valence-electron chi connectivity index (χ1n) is 5.20. The lowest BCUT2D eigenvalue weighted by Crippen LogP contribution is -2.37. The summed E-state index contributed by atoms with van der Waals surface area (Å²) in [5.41, 5.74) is -0.000485. The zero-order chi connectivity index (χ0) is 13.9. The molecule has 18 heavy (non-hydrogen) atoms. The van der Waals surface area contributed by atoms with Gasteiger partial charge in [0, 0.05) is 18.7 Å². The number of nitrogens with zero attached hydrogens (tertiary/aromatic N) is 2. The summed E-state index contributed by atoms with van der Waals surface area (Å²) in [6.45, 7) is 1.52. The molecular weight excluding hydrogens is 260 g/mol. The molecule has 0 radical (unpaired) electrons. The second-order valence-electron chi connectivity index (χ2n) is 3.87. The zero-order valence-corrected chi connectivity index (χ0v) is 10.7. The van der Waals surface area contributed by atoms with Gasteiger partial charge in [-0.1, -0.05) is 11.6 Å². The van der Waals surface area contributed by atoms with E-state index in [-0.39, 0.29) is 34.8 Å². The number of amides is 1. The Morgan fingerprint density at radius 2 is 2.22 bits per heavy atom. The van der Waals surface area contributed by atoms with Gasteiger partial charge in [-0.3, -0.25) is 14.9 Å².